The van der Waals surface area contributed by atoms with E-state index in [2.05, 4.69) is 0 Å². The Morgan fingerprint density at radius 1 is 1.25 bits per heavy atom. The van der Waals surface area contributed by atoms with Gasteiger partial charge in [0.05, 0.1) is 12.5 Å². The Kier molecular flexibility index (Phi) is 8.17. The first kappa shape index (κ1) is 14.7. The maximum absolute atomic E-state index is 8.74. The Bertz CT molecular complexity index is 179. The van der Waals surface area contributed by atoms with E-state index in [0.29, 0.717) is 0 Å². The summed E-state index contributed by atoms with van der Waals surface area (Å²) in [6.45, 7) is -0.398. The normalized spacial score (nSPS) is 15.8. The molecule has 0 heterocycles. The molecule has 76 valence electrons. The minimum Gasteiger partial charge on any atom is -0.394 e. The zero-order chi connectivity index (χ0) is 10.4. The monoisotopic (exact) mass is 222 g/mol. The van der Waals surface area contributed by atoms with Crippen molar-refractivity contribution in [3.63, 3.8) is 0 Å². The minimum absolute atomic E-state index is 0.398. The molecule has 0 aliphatic heterocycles. The van der Waals surface area contributed by atoms with Gasteiger partial charge in [-0.25, -0.2) is 0 Å². The molecule has 0 aromatic carbocycles. The first-order valence-electron chi connectivity index (χ1n) is 2.61. The molecule has 3 atom stereocenters. The second kappa shape index (κ2) is 6.67. The number of hydrogen-bond donors (Lipinski definition) is 5. The van der Waals surface area contributed by atoms with E-state index in [1.54, 1.807) is 0 Å². The van der Waals surface area contributed by atoms with Crippen LogP contribution in [0.15, 0.2) is 0 Å². The van der Waals surface area contributed by atoms with Crippen molar-refractivity contribution < 1.29 is 32.8 Å². The number of aliphatic hydroxyl groups excluding tert-OH is 3. The van der Waals surface area contributed by atoms with E-state index in [4.69, 9.17) is 32.8 Å². The van der Waals surface area contributed by atoms with Crippen molar-refractivity contribution in [3.05, 3.63) is 0 Å². The molecule has 0 aromatic rings. The molecule has 0 aliphatic rings. The maximum atomic E-state index is 8.74. The van der Waals surface area contributed by atoms with Crippen LogP contribution in [0.25, 0.3) is 0 Å². The van der Waals surface area contributed by atoms with Gasteiger partial charge >= 0.3 is 10.4 Å². The first-order chi connectivity index (χ1) is 5.18. The molecule has 0 fully saturated rings. The number of hydrogen-bond acceptors (Lipinski definition) is 5. The van der Waals surface area contributed by atoms with Crippen LogP contribution in [0.2, 0.25) is 0 Å². The van der Waals surface area contributed by atoms with Gasteiger partial charge in [-0.1, -0.05) is 0 Å². The van der Waals surface area contributed by atoms with E-state index >= 15 is 0 Å². The molecule has 0 aromatic heterocycles. The Hall–Kier alpha value is 0.180. The van der Waals surface area contributed by atoms with Gasteiger partial charge in [-0.3, -0.25) is 9.11 Å². The second-order valence-corrected chi connectivity index (χ2v) is 3.27. The molecule has 0 radical (unpaired) electrons. The lowest BCUT2D eigenvalue weighted by Crippen LogP contribution is -2.23. The number of rotatable bonds is 2. The third kappa shape index (κ3) is 22.5. The highest BCUT2D eigenvalue weighted by Gasteiger charge is 2.06. The van der Waals surface area contributed by atoms with Gasteiger partial charge in [0, 0.05) is 0 Å². The van der Waals surface area contributed by atoms with Crippen molar-refractivity contribution in [2.45, 2.75) is 11.9 Å². The highest BCUT2D eigenvalue weighted by atomic mass is 32.3. The van der Waals surface area contributed by atoms with Crippen molar-refractivity contribution in [2.24, 2.45) is 0 Å². The summed E-state index contributed by atoms with van der Waals surface area (Å²) in [5, 5.41) is 24.9. The molecule has 0 saturated heterocycles. The van der Waals surface area contributed by atoms with E-state index in [1.807, 2.05) is 9.24 Å². The molecule has 5 N–H and O–H groups in total. The van der Waals surface area contributed by atoms with Crippen LogP contribution in [0.4, 0.5) is 0 Å². The SMILES string of the molecule is O=S(=O)(O)O.OCC(O)C(O)P. The summed E-state index contributed by atoms with van der Waals surface area (Å²) in [4.78, 5) is 0. The van der Waals surface area contributed by atoms with Gasteiger partial charge in [0.25, 0.3) is 0 Å². The molecule has 9 heteroatoms. The molecular formula is C3H11O7PS. The Labute approximate surface area is 71.8 Å². The molecule has 0 spiro atoms. The van der Waals surface area contributed by atoms with Crippen LogP contribution in [0, 0.1) is 0 Å². The summed E-state index contributed by atoms with van der Waals surface area (Å²) < 4.78 is 31.6. The molecule has 0 bridgehead atoms. The van der Waals surface area contributed by atoms with Crippen LogP contribution in [0.5, 0.6) is 0 Å². The standard InChI is InChI=1S/C3H9O3P.H2O4S/c4-1-2(5)3(6)7;1-5(2,3)4/h2-6H,1,7H2;(H2,1,2,3,4). The molecule has 0 rings (SSSR count). The van der Waals surface area contributed by atoms with E-state index < -0.39 is 29.0 Å². The summed E-state index contributed by atoms with van der Waals surface area (Å²) >= 11 is 0. The molecule has 0 aliphatic carbocycles. The van der Waals surface area contributed by atoms with Gasteiger partial charge in [0.1, 0.15) is 6.10 Å². The highest BCUT2D eigenvalue weighted by molar-refractivity contribution is 7.79. The van der Waals surface area contributed by atoms with E-state index in [0.717, 1.165) is 0 Å². The van der Waals surface area contributed by atoms with Gasteiger partial charge in [0.2, 0.25) is 0 Å². The summed E-state index contributed by atoms with van der Waals surface area (Å²) in [6, 6.07) is 0. The Balaban J connectivity index is 0. The summed E-state index contributed by atoms with van der Waals surface area (Å²) in [7, 11) is -2.70. The first-order valence-corrected chi connectivity index (χ1v) is 4.67. The van der Waals surface area contributed by atoms with Crippen LogP contribution in [-0.4, -0.2) is 51.4 Å². The molecule has 0 saturated carbocycles. The van der Waals surface area contributed by atoms with Crippen molar-refractivity contribution in [3.8, 4) is 0 Å². The zero-order valence-corrected chi connectivity index (χ0v) is 7.87. The van der Waals surface area contributed by atoms with Crippen LogP contribution in [0.3, 0.4) is 0 Å². The molecule has 7 nitrogen and oxygen atoms in total. The average molecular weight is 222 g/mol. The van der Waals surface area contributed by atoms with Gasteiger partial charge in [-0.2, -0.15) is 8.42 Å². The predicted octanol–water partition coefficient (Wildman–Crippen LogP) is -2.12. The van der Waals surface area contributed by atoms with Gasteiger partial charge in [0.15, 0.2) is 0 Å². The zero-order valence-electron chi connectivity index (χ0n) is 5.90. The fourth-order valence-corrected chi connectivity index (χ4v) is 0.230. The molecular weight excluding hydrogens is 211 g/mol. The van der Waals surface area contributed by atoms with Gasteiger partial charge in [-0.05, 0) is 0 Å². The van der Waals surface area contributed by atoms with Crippen molar-refractivity contribution in [1.82, 2.24) is 0 Å². The van der Waals surface area contributed by atoms with E-state index in [1.165, 1.54) is 0 Å². The third-order valence-corrected chi connectivity index (χ3v) is 1.03. The van der Waals surface area contributed by atoms with Crippen LogP contribution in [0.1, 0.15) is 0 Å². The maximum Gasteiger partial charge on any atom is 0.394 e. The van der Waals surface area contributed by atoms with E-state index in [-0.39, 0.29) is 0 Å². The predicted molar refractivity (Wildman–Crippen MR) is 43.0 cm³/mol. The Morgan fingerprint density at radius 3 is 1.50 bits per heavy atom. The number of aliphatic hydroxyl groups is 3. The van der Waals surface area contributed by atoms with Crippen molar-refractivity contribution >= 4 is 19.6 Å². The van der Waals surface area contributed by atoms with Gasteiger partial charge in [-0.15, -0.1) is 9.24 Å². The highest BCUT2D eigenvalue weighted by Crippen LogP contribution is 1.98. The average Bonchev–Trinajstić information content (AvgIpc) is 1.82. The van der Waals surface area contributed by atoms with Crippen molar-refractivity contribution in [1.29, 1.82) is 0 Å². The fourth-order valence-electron chi connectivity index (χ4n) is 0.108. The third-order valence-electron chi connectivity index (χ3n) is 0.581. The van der Waals surface area contributed by atoms with Gasteiger partial charge < -0.3 is 15.3 Å². The van der Waals surface area contributed by atoms with E-state index in [9.17, 15) is 0 Å². The smallest absolute Gasteiger partial charge is 0.394 e. The minimum atomic E-state index is -4.67. The molecule has 3 unspecified atom stereocenters. The molecule has 12 heavy (non-hydrogen) atoms. The van der Waals surface area contributed by atoms with Crippen molar-refractivity contribution in [2.75, 3.05) is 6.61 Å². The fraction of sp³-hybridized carbons (Fsp3) is 1.00. The lowest BCUT2D eigenvalue weighted by molar-refractivity contribution is 0.0280. The summed E-state index contributed by atoms with van der Waals surface area (Å²) in [6.07, 6.45) is -1.02. The van der Waals surface area contributed by atoms with Crippen LogP contribution < -0.4 is 0 Å². The molecule has 0 amide bonds. The van der Waals surface area contributed by atoms with Crippen LogP contribution in [-0.2, 0) is 10.4 Å². The second-order valence-electron chi connectivity index (χ2n) is 1.69. The quantitative estimate of drug-likeness (QED) is 0.266. The lowest BCUT2D eigenvalue weighted by atomic mass is 10.4. The lowest BCUT2D eigenvalue weighted by Gasteiger charge is -2.07. The largest absolute Gasteiger partial charge is 0.394 e. The summed E-state index contributed by atoms with van der Waals surface area (Å²) in [5.74, 6) is -0.912. The Morgan fingerprint density at radius 2 is 1.50 bits per heavy atom. The topological polar surface area (TPSA) is 135 Å². The summed E-state index contributed by atoms with van der Waals surface area (Å²) in [5.41, 5.74) is 0. The van der Waals surface area contributed by atoms with Crippen LogP contribution >= 0.6 is 9.24 Å².